The molecule has 116 valence electrons. The highest BCUT2D eigenvalue weighted by Crippen LogP contribution is 2.23. The Kier molecular flexibility index (Phi) is 4.43. The summed E-state index contributed by atoms with van der Waals surface area (Å²) < 4.78 is 0. The van der Waals surface area contributed by atoms with Crippen molar-refractivity contribution in [2.75, 3.05) is 5.75 Å². The predicted octanol–water partition coefficient (Wildman–Crippen LogP) is 2.92. The van der Waals surface area contributed by atoms with E-state index in [-0.39, 0.29) is 11.7 Å². The number of benzene rings is 1. The number of hydrogen-bond acceptors (Lipinski definition) is 4. The van der Waals surface area contributed by atoms with E-state index in [0.717, 1.165) is 21.5 Å². The maximum Gasteiger partial charge on any atom is 0.274 e. The quantitative estimate of drug-likeness (QED) is 0.723. The number of pyridine rings is 1. The van der Waals surface area contributed by atoms with Gasteiger partial charge in [0.1, 0.15) is 5.69 Å². The molecular formula is C17H15N3O2S. The Morgan fingerprint density at radius 3 is 2.83 bits per heavy atom. The van der Waals surface area contributed by atoms with E-state index in [0.29, 0.717) is 5.69 Å². The van der Waals surface area contributed by atoms with E-state index in [1.807, 2.05) is 37.3 Å². The minimum Gasteiger partial charge on any atom is -0.357 e. The van der Waals surface area contributed by atoms with Crippen LogP contribution in [0, 0.1) is 6.92 Å². The Morgan fingerprint density at radius 1 is 1.22 bits per heavy atom. The standard InChI is InChI=1S/C17H15N3O2S/c1-11-9-16(19-13-6-3-2-5-12(11)13)23-10-15(21)20-17(22)14-7-4-8-18-14/h2-9,18H,10H2,1H3,(H,20,21,22). The number of para-hydroxylation sites is 1. The fraction of sp³-hybridized carbons (Fsp3) is 0.118. The van der Waals surface area contributed by atoms with Gasteiger partial charge in [-0.1, -0.05) is 30.0 Å². The maximum absolute atomic E-state index is 11.9. The van der Waals surface area contributed by atoms with Crippen LogP contribution in [-0.2, 0) is 4.79 Å². The average molecular weight is 325 g/mol. The van der Waals surface area contributed by atoms with Crippen molar-refractivity contribution in [1.82, 2.24) is 15.3 Å². The molecule has 2 amide bonds. The van der Waals surface area contributed by atoms with Gasteiger partial charge in [0.15, 0.2) is 0 Å². The molecule has 3 rings (SSSR count). The van der Waals surface area contributed by atoms with E-state index in [9.17, 15) is 9.59 Å². The van der Waals surface area contributed by atoms with Crippen molar-refractivity contribution in [1.29, 1.82) is 0 Å². The molecule has 23 heavy (non-hydrogen) atoms. The molecule has 0 saturated heterocycles. The number of rotatable bonds is 4. The molecule has 0 aliphatic carbocycles. The molecule has 0 bridgehead atoms. The van der Waals surface area contributed by atoms with E-state index >= 15 is 0 Å². The van der Waals surface area contributed by atoms with Crippen molar-refractivity contribution in [3.63, 3.8) is 0 Å². The largest absolute Gasteiger partial charge is 0.357 e. The number of aromatic amines is 1. The summed E-state index contributed by atoms with van der Waals surface area (Å²) in [5.74, 6) is -0.637. The maximum atomic E-state index is 11.9. The van der Waals surface area contributed by atoms with Gasteiger partial charge in [-0.2, -0.15) is 0 Å². The van der Waals surface area contributed by atoms with Crippen LogP contribution in [0.1, 0.15) is 16.1 Å². The van der Waals surface area contributed by atoms with Gasteiger partial charge in [0, 0.05) is 11.6 Å². The van der Waals surface area contributed by atoms with Gasteiger partial charge in [0.25, 0.3) is 5.91 Å². The lowest BCUT2D eigenvalue weighted by atomic mass is 10.1. The second-order valence-corrected chi connectivity index (χ2v) is 6.04. The smallest absolute Gasteiger partial charge is 0.274 e. The first kappa shape index (κ1) is 15.3. The van der Waals surface area contributed by atoms with Crippen LogP contribution in [-0.4, -0.2) is 27.5 Å². The molecular weight excluding hydrogens is 310 g/mol. The Bertz CT molecular complexity index is 859. The van der Waals surface area contributed by atoms with Gasteiger partial charge in [-0.15, -0.1) is 0 Å². The van der Waals surface area contributed by atoms with E-state index in [1.54, 1.807) is 18.3 Å². The number of aryl methyl sites for hydroxylation is 1. The van der Waals surface area contributed by atoms with Gasteiger partial charge in [0.05, 0.1) is 16.3 Å². The van der Waals surface area contributed by atoms with Crippen LogP contribution in [0.3, 0.4) is 0 Å². The zero-order valence-electron chi connectivity index (χ0n) is 12.5. The first-order valence-electron chi connectivity index (χ1n) is 7.10. The highest BCUT2D eigenvalue weighted by molar-refractivity contribution is 7.99. The Balaban J connectivity index is 1.64. The van der Waals surface area contributed by atoms with Crippen molar-refractivity contribution >= 4 is 34.5 Å². The molecule has 2 aromatic heterocycles. The molecule has 3 aromatic rings. The summed E-state index contributed by atoms with van der Waals surface area (Å²) in [6.45, 7) is 2.02. The number of imide groups is 1. The van der Waals surface area contributed by atoms with Crippen molar-refractivity contribution in [2.45, 2.75) is 11.9 Å². The third kappa shape index (κ3) is 3.60. The first-order valence-corrected chi connectivity index (χ1v) is 8.09. The zero-order chi connectivity index (χ0) is 16.2. The van der Waals surface area contributed by atoms with Crippen LogP contribution in [0.5, 0.6) is 0 Å². The summed E-state index contributed by atoms with van der Waals surface area (Å²) in [6, 6.07) is 13.1. The van der Waals surface area contributed by atoms with E-state index in [1.165, 1.54) is 11.8 Å². The molecule has 1 aromatic carbocycles. The number of aromatic nitrogens is 2. The average Bonchev–Trinajstić information content (AvgIpc) is 3.07. The SMILES string of the molecule is Cc1cc(SCC(=O)NC(=O)c2ccc[nH]2)nc2ccccc12. The molecule has 2 N–H and O–H groups in total. The second-order valence-electron chi connectivity index (χ2n) is 5.04. The molecule has 5 nitrogen and oxygen atoms in total. The molecule has 2 heterocycles. The number of nitrogens with zero attached hydrogens (tertiary/aromatic N) is 1. The van der Waals surface area contributed by atoms with Gasteiger partial charge in [-0.3, -0.25) is 14.9 Å². The number of nitrogens with one attached hydrogen (secondary N) is 2. The zero-order valence-corrected chi connectivity index (χ0v) is 13.3. The van der Waals surface area contributed by atoms with E-state index < -0.39 is 5.91 Å². The summed E-state index contributed by atoms with van der Waals surface area (Å²) in [6.07, 6.45) is 1.63. The Labute approximate surface area is 137 Å². The third-order valence-corrected chi connectivity index (χ3v) is 4.26. The lowest BCUT2D eigenvalue weighted by Crippen LogP contribution is -2.32. The Morgan fingerprint density at radius 2 is 2.04 bits per heavy atom. The minimum absolute atomic E-state index is 0.136. The highest BCUT2D eigenvalue weighted by atomic mass is 32.2. The lowest BCUT2D eigenvalue weighted by molar-refractivity contribution is -0.117. The van der Waals surface area contributed by atoms with Crippen molar-refractivity contribution in [3.05, 3.63) is 59.9 Å². The van der Waals surface area contributed by atoms with Crippen molar-refractivity contribution in [3.8, 4) is 0 Å². The lowest BCUT2D eigenvalue weighted by Gasteiger charge is -2.06. The number of fused-ring (bicyclic) bond motifs is 1. The topological polar surface area (TPSA) is 74.8 Å². The molecule has 0 fully saturated rings. The Hall–Kier alpha value is -2.60. The molecule has 6 heteroatoms. The van der Waals surface area contributed by atoms with Gasteiger partial charge in [-0.05, 0) is 36.8 Å². The molecule has 0 unspecified atom stereocenters. The molecule has 0 saturated carbocycles. The van der Waals surface area contributed by atoms with Crippen molar-refractivity contribution in [2.24, 2.45) is 0 Å². The number of carbonyl (C=O) groups is 2. The van der Waals surface area contributed by atoms with Crippen LogP contribution in [0.25, 0.3) is 10.9 Å². The van der Waals surface area contributed by atoms with E-state index in [2.05, 4.69) is 15.3 Å². The first-order chi connectivity index (χ1) is 11.1. The molecule has 0 radical (unpaired) electrons. The summed E-state index contributed by atoms with van der Waals surface area (Å²) in [4.78, 5) is 30.9. The number of H-pyrrole nitrogens is 1. The predicted molar refractivity (Wildman–Crippen MR) is 90.5 cm³/mol. The van der Waals surface area contributed by atoms with Crippen molar-refractivity contribution < 1.29 is 9.59 Å². The molecule has 0 aliphatic heterocycles. The normalized spacial score (nSPS) is 10.7. The molecule has 0 atom stereocenters. The van der Waals surface area contributed by atoms with Gasteiger partial charge >= 0.3 is 0 Å². The fourth-order valence-electron chi connectivity index (χ4n) is 2.23. The van der Waals surface area contributed by atoms with Crippen LogP contribution in [0.2, 0.25) is 0 Å². The van der Waals surface area contributed by atoms with Gasteiger partial charge < -0.3 is 4.98 Å². The number of amides is 2. The number of thioether (sulfide) groups is 1. The van der Waals surface area contributed by atoms with Crippen LogP contribution < -0.4 is 5.32 Å². The number of hydrogen-bond donors (Lipinski definition) is 2. The summed E-state index contributed by atoms with van der Waals surface area (Å²) in [5, 5.41) is 4.21. The van der Waals surface area contributed by atoms with Crippen LogP contribution in [0.4, 0.5) is 0 Å². The monoisotopic (exact) mass is 325 g/mol. The highest BCUT2D eigenvalue weighted by Gasteiger charge is 2.12. The molecule has 0 aliphatic rings. The molecule has 0 spiro atoms. The summed E-state index contributed by atoms with van der Waals surface area (Å²) >= 11 is 1.31. The van der Waals surface area contributed by atoms with Crippen LogP contribution in [0.15, 0.2) is 53.7 Å². The van der Waals surface area contributed by atoms with Gasteiger partial charge in [0.2, 0.25) is 5.91 Å². The van der Waals surface area contributed by atoms with Crippen LogP contribution >= 0.6 is 11.8 Å². The minimum atomic E-state index is -0.428. The van der Waals surface area contributed by atoms with Gasteiger partial charge in [-0.25, -0.2) is 4.98 Å². The summed E-state index contributed by atoms with van der Waals surface area (Å²) in [5.41, 5.74) is 2.38. The second kappa shape index (κ2) is 6.66. The number of carbonyl (C=O) groups excluding carboxylic acids is 2. The van der Waals surface area contributed by atoms with E-state index in [4.69, 9.17) is 0 Å². The summed E-state index contributed by atoms with van der Waals surface area (Å²) in [7, 11) is 0. The third-order valence-electron chi connectivity index (χ3n) is 3.35. The fourth-order valence-corrected chi connectivity index (χ4v) is 3.01.